The molecule has 0 radical (unpaired) electrons. The summed E-state index contributed by atoms with van der Waals surface area (Å²) >= 11 is 0. The largest absolute Gasteiger partial charge is 0.357 e. The second-order valence-electron chi connectivity index (χ2n) is 6.66. The van der Waals surface area contributed by atoms with Crippen LogP contribution in [0, 0.1) is 0 Å². The van der Waals surface area contributed by atoms with Crippen molar-refractivity contribution in [3.05, 3.63) is 34.9 Å². The van der Waals surface area contributed by atoms with Crippen LogP contribution in [0.5, 0.6) is 0 Å². The Bertz CT molecular complexity index is 740. The molecule has 2 unspecified atom stereocenters. The van der Waals surface area contributed by atoms with E-state index in [4.69, 9.17) is 0 Å². The zero-order valence-corrected chi connectivity index (χ0v) is 14.8. The molecular weight excluding hydrogens is 334 g/mol. The monoisotopic (exact) mass is 357 g/mol. The molecule has 1 aromatic rings. The smallest absolute Gasteiger partial charge is 0.262 e. The summed E-state index contributed by atoms with van der Waals surface area (Å²) in [4.78, 5) is 49.5. The predicted octanol–water partition coefficient (Wildman–Crippen LogP) is 1.19. The number of fused-ring (bicyclic) bond motifs is 1. The number of amides is 3. The topological polar surface area (TPSA) is 95.6 Å². The summed E-state index contributed by atoms with van der Waals surface area (Å²) in [5, 5.41) is 5.90. The first-order chi connectivity index (χ1) is 12.6. The molecule has 1 saturated heterocycles. The van der Waals surface area contributed by atoms with E-state index in [1.807, 2.05) is 6.07 Å². The molecule has 0 aliphatic carbocycles. The van der Waals surface area contributed by atoms with Gasteiger partial charge in [-0.15, -0.1) is 0 Å². The van der Waals surface area contributed by atoms with Gasteiger partial charge in [-0.2, -0.15) is 0 Å². The summed E-state index contributed by atoms with van der Waals surface area (Å²) in [7, 11) is 1.45. The molecule has 2 aliphatic heterocycles. The molecule has 3 amide bonds. The fraction of sp³-hybridized carbons (Fsp3) is 0.474. The van der Waals surface area contributed by atoms with Gasteiger partial charge in [0.1, 0.15) is 12.3 Å². The third-order valence-corrected chi connectivity index (χ3v) is 5.07. The molecule has 7 heteroatoms. The van der Waals surface area contributed by atoms with Crippen LogP contribution in [0.2, 0.25) is 0 Å². The van der Waals surface area contributed by atoms with Crippen molar-refractivity contribution in [1.29, 1.82) is 0 Å². The number of aldehydes is 1. The summed E-state index contributed by atoms with van der Waals surface area (Å²) in [6, 6.07) is 4.50. The summed E-state index contributed by atoms with van der Waals surface area (Å²) in [5.74, 6) is -1.40. The van der Waals surface area contributed by atoms with Crippen LogP contribution in [0.15, 0.2) is 18.2 Å². The van der Waals surface area contributed by atoms with E-state index in [2.05, 4.69) is 10.6 Å². The van der Waals surface area contributed by atoms with E-state index in [0.717, 1.165) is 36.3 Å². The van der Waals surface area contributed by atoms with Crippen molar-refractivity contribution in [2.24, 2.45) is 0 Å². The Morgan fingerprint density at radius 2 is 2.08 bits per heavy atom. The van der Waals surface area contributed by atoms with Crippen molar-refractivity contribution < 1.29 is 19.2 Å². The van der Waals surface area contributed by atoms with Crippen LogP contribution in [-0.2, 0) is 9.59 Å². The van der Waals surface area contributed by atoms with E-state index in [0.29, 0.717) is 17.4 Å². The van der Waals surface area contributed by atoms with Crippen LogP contribution in [0.4, 0.5) is 0 Å². The minimum absolute atomic E-state index is 0.0999. The highest BCUT2D eigenvalue weighted by Crippen LogP contribution is 2.31. The molecule has 0 spiro atoms. The SMILES string of the molecule is CNC(=O)C(CCC=O)N1C(=O)c2ccc(C3CCCCN3)cc2C1=O. The first-order valence-corrected chi connectivity index (χ1v) is 8.99. The van der Waals surface area contributed by atoms with Gasteiger partial charge >= 0.3 is 0 Å². The van der Waals surface area contributed by atoms with E-state index in [9.17, 15) is 19.2 Å². The van der Waals surface area contributed by atoms with Crippen molar-refractivity contribution in [3.8, 4) is 0 Å². The van der Waals surface area contributed by atoms with E-state index in [1.54, 1.807) is 12.1 Å². The molecule has 7 nitrogen and oxygen atoms in total. The number of hydrogen-bond acceptors (Lipinski definition) is 5. The highest BCUT2D eigenvalue weighted by molar-refractivity contribution is 6.23. The maximum atomic E-state index is 12.9. The second kappa shape index (κ2) is 7.78. The Hall–Kier alpha value is -2.54. The zero-order chi connectivity index (χ0) is 18.7. The maximum absolute atomic E-state index is 12.9. The Kier molecular flexibility index (Phi) is 5.46. The van der Waals surface area contributed by atoms with E-state index < -0.39 is 23.8 Å². The molecule has 0 aromatic heterocycles. The number of rotatable bonds is 6. The molecule has 0 saturated carbocycles. The first-order valence-electron chi connectivity index (χ1n) is 8.99. The van der Waals surface area contributed by atoms with Gasteiger partial charge in [0.25, 0.3) is 11.8 Å². The molecule has 138 valence electrons. The van der Waals surface area contributed by atoms with Gasteiger partial charge in [-0.3, -0.25) is 19.3 Å². The molecule has 2 atom stereocenters. The summed E-state index contributed by atoms with van der Waals surface area (Å²) in [6.45, 7) is 0.936. The fourth-order valence-corrected chi connectivity index (χ4v) is 3.68. The summed E-state index contributed by atoms with van der Waals surface area (Å²) in [5.41, 5.74) is 1.63. The van der Waals surface area contributed by atoms with Gasteiger partial charge in [0, 0.05) is 19.5 Å². The number of carbonyl (C=O) groups excluding carboxylic acids is 4. The lowest BCUT2D eigenvalue weighted by molar-refractivity contribution is -0.124. The van der Waals surface area contributed by atoms with Crippen LogP contribution in [0.25, 0.3) is 0 Å². The lowest BCUT2D eigenvalue weighted by Gasteiger charge is -2.24. The standard InChI is InChI=1S/C19H23N3O4/c1-20-17(24)16(6-4-10-23)22-18(25)13-8-7-12(11-14(13)19(22)26)15-5-2-3-9-21-15/h7-8,10-11,15-16,21H,2-6,9H2,1H3,(H,20,24). The van der Waals surface area contributed by atoms with Crippen molar-refractivity contribution in [1.82, 2.24) is 15.5 Å². The number of hydrogen-bond donors (Lipinski definition) is 2. The van der Waals surface area contributed by atoms with Crippen molar-refractivity contribution in [3.63, 3.8) is 0 Å². The maximum Gasteiger partial charge on any atom is 0.262 e. The van der Waals surface area contributed by atoms with Crippen LogP contribution < -0.4 is 10.6 Å². The number of nitrogens with zero attached hydrogens (tertiary/aromatic N) is 1. The molecule has 1 aromatic carbocycles. The van der Waals surface area contributed by atoms with Gasteiger partial charge < -0.3 is 15.4 Å². The van der Waals surface area contributed by atoms with Crippen LogP contribution >= 0.6 is 0 Å². The summed E-state index contributed by atoms with van der Waals surface area (Å²) < 4.78 is 0. The average Bonchev–Trinajstić information content (AvgIpc) is 2.93. The number of benzene rings is 1. The molecular formula is C19H23N3O4. The molecule has 0 bridgehead atoms. The number of imide groups is 1. The van der Waals surface area contributed by atoms with E-state index >= 15 is 0 Å². The number of likely N-dealkylation sites (N-methyl/N-ethyl adjacent to an activating group) is 1. The lowest BCUT2D eigenvalue weighted by atomic mass is 9.95. The molecule has 26 heavy (non-hydrogen) atoms. The molecule has 1 fully saturated rings. The Morgan fingerprint density at radius 1 is 1.31 bits per heavy atom. The number of nitrogens with one attached hydrogen (secondary N) is 2. The Morgan fingerprint density at radius 3 is 2.73 bits per heavy atom. The fourth-order valence-electron chi connectivity index (χ4n) is 3.68. The normalized spacial score (nSPS) is 20.7. The quantitative estimate of drug-likeness (QED) is 0.589. The van der Waals surface area contributed by atoms with Gasteiger partial charge in [-0.1, -0.05) is 12.5 Å². The molecule has 2 aliphatic rings. The average molecular weight is 357 g/mol. The van der Waals surface area contributed by atoms with E-state index in [-0.39, 0.29) is 18.9 Å². The molecule has 2 heterocycles. The Labute approximate surface area is 152 Å². The van der Waals surface area contributed by atoms with Gasteiger partial charge in [0.05, 0.1) is 11.1 Å². The van der Waals surface area contributed by atoms with Gasteiger partial charge in [0.15, 0.2) is 0 Å². The molecule has 2 N–H and O–H groups in total. The van der Waals surface area contributed by atoms with Crippen molar-refractivity contribution in [2.75, 3.05) is 13.6 Å². The second-order valence-corrected chi connectivity index (χ2v) is 6.66. The highest BCUT2D eigenvalue weighted by atomic mass is 16.2. The van der Waals surface area contributed by atoms with Gasteiger partial charge in [0.2, 0.25) is 5.91 Å². The third-order valence-electron chi connectivity index (χ3n) is 5.07. The van der Waals surface area contributed by atoms with Crippen LogP contribution in [0.1, 0.15) is 64.4 Å². The Balaban J connectivity index is 1.90. The van der Waals surface area contributed by atoms with Gasteiger partial charge in [-0.05, 0) is 43.5 Å². The summed E-state index contributed by atoms with van der Waals surface area (Å²) in [6.07, 6.45) is 4.15. The highest BCUT2D eigenvalue weighted by Gasteiger charge is 2.42. The molecule has 3 rings (SSSR count). The van der Waals surface area contributed by atoms with Gasteiger partial charge in [-0.25, -0.2) is 0 Å². The van der Waals surface area contributed by atoms with E-state index in [1.165, 1.54) is 7.05 Å². The minimum Gasteiger partial charge on any atom is -0.357 e. The first kappa shape index (κ1) is 18.3. The number of piperidine rings is 1. The number of carbonyl (C=O) groups is 4. The van der Waals surface area contributed by atoms with Crippen LogP contribution in [-0.4, -0.2) is 48.5 Å². The zero-order valence-electron chi connectivity index (χ0n) is 14.8. The third kappa shape index (κ3) is 3.26. The van der Waals surface area contributed by atoms with Crippen LogP contribution in [0.3, 0.4) is 0 Å². The minimum atomic E-state index is -0.978. The van der Waals surface area contributed by atoms with Crippen molar-refractivity contribution in [2.45, 2.75) is 44.2 Å². The lowest BCUT2D eigenvalue weighted by Crippen LogP contribution is -2.48. The van der Waals surface area contributed by atoms with Crippen molar-refractivity contribution >= 4 is 24.0 Å². The predicted molar refractivity (Wildman–Crippen MR) is 94.7 cm³/mol.